The van der Waals surface area contributed by atoms with E-state index < -0.39 is 0 Å². The lowest BCUT2D eigenvalue weighted by Gasteiger charge is -2.44. The lowest BCUT2D eigenvalue weighted by atomic mass is 9.88. The Balaban J connectivity index is 2.42. The highest BCUT2D eigenvalue weighted by Crippen LogP contribution is 2.27. The first-order chi connectivity index (χ1) is 7.16. The van der Waals surface area contributed by atoms with Crippen molar-refractivity contribution in [2.75, 3.05) is 19.6 Å². The van der Waals surface area contributed by atoms with E-state index in [1.807, 2.05) is 0 Å². The van der Waals surface area contributed by atoms with Crippen LogP contribution in [0.1, 0.15) is 52.9 Å². The van der Waals surface area contributed by atoms with Gasteiger partial charge in [-0.05, 0) is 45.2 Å². The molecule has 0 aliphatic carbocycles. The van der Waals surface area contributed by atoms with Crippen molar-refractivity contribution in [3.8, 4) is 0 Å². The van der Waals surface area contributed by atoms with Gasteiger partial charge in [-0.15, -0.1) is 0 Å². The van der Waals surface area contributed by atoms with Crippen molar-refractivity contribution in [1.82, 2.24) is 4.90 Å². The van der Waals surface area contributed by atoms with Gasteiger partial charge in [0.15, 0.2) is 0 Å². The summed E-state index contributed by atoms with van der Waals surface area (Å²) in [7, 11) is 0. The lowest BCUT2D eigenvalue weighted by Crippen LogP contribution is -2.54. The lowest BCUT2D eigenvalue weighted by molar-refractivity contribution is 0.0627. The van der Waals surface area contributed by atoms with Gasteiger partial charge in [0.1, 0.15) is 0 Å². The Labute approximate surface area is 95.2 Å². The van der Waals surface area contributed by atoms with Crippen LogP contribution in [0.15, 0.2) is 0 Å². The highest BCUT2D eigenvalue weighted by atomic mass is 15.2. The highest BCUT2D eigenvalue weighted by Gasteiger charge is 2.31. The molecule has 90 valence electrons. The average molecular weight is 212 g/mol. The molecule has 0 spiro atoms. The van der Waals surface area contributed by atoms with Gasteiger partial charge in [-0.3, -0.25) is 4.90 Å². The van der Waals surface area contributed by atoms with Crippen molar-refractivity contribution in [1.29, 1.82) is 0 Å². The van der Waals surface area contributed by atoms with Crippen molar-refractivity contribution in [2.45, 2.75) is 58.4 Å². The fraction of sp³-hybridized carbons (Fsp3) is 1.00. The van der Waals surface area contributed by atoms with E-state index in [2.05, 4.69) is 25.7 Å². The van der Waals surface area contributed by atoms with Gasteiger partial charge in [-0.25, -0.2) is 0 Å². The molecule has 0 bridgehead atoms. The quantitative estimate of drug-likeness (QED) is 0.759. The van der Waals surface area contributed by atoms with Crippen molar-refractivity contribution < 1.29 is 0 Å². The molecule has 0 aromatic carbocycles. The van der Waals surface area contributed by atoms with Gasteiger partial charge < -0.3 is 5.73 Å². The Kier molecular flexibility index (Phi) is 5.07. The molecule has 1 aliphatic rings. The predicted octanol–water partition coefficient (Wildman–Crippen LogP) is 2.63. The summed E-state index contributed by atoms with van der Waals surface area (Å²) in [6, 6.07) is 0. The summed E-state index contributed by atoms with van der Waals surface area (Å²) in [5, 5.41) is 0. The second-order valence-electron chi connectivity index (χ2n) is 5.27. The van der Waals surface area contributed by atoms with E-state index in [0.29, 0.717) is 0 Å². The van der Waals surface area contributed by atoms with Crippen molar-refractivity contribution in [3.05, 3.63) is 0 Å². The SMILES string of the molecule is CCCC1CCN(C(C)(CC)CN)CC1. The van der Waals surface area contributed by atoms with Crippen LogP contribution in [0.3, 0.4) is 0 Å². The zero-order chi connectivity index (χ0) is 11.3. The molecule has 0 aromatic rings. The normalized spacial score (nSPS) is 24.0. The maximum atomic E-state index is 5.90. The molecule has 2 N–H and O–H groups in total. The third-order valence-electron chi connectivity index (χ3n) is 4.28. The van der Waals surface area contributed by atoms with E-state index in [1.165, 1.54) is 45.2 Å². The van der Waals surface area contributed by atoms with Gasteiger partial charge in [0.05, 0.1) is 0 Å². The first-order valence-corrected chi connectivity index (χ1v) is 6.61. The Hall–Kier alpha value is -0.0800. The summed E-state index contributed by atoms with van der Waals surface area (Å²) >= 11 is 0. The number of nitrogens with zero attached hydrogens (tertiary/aromatic N) is 1. The molecule has 15 heavy (non-hydrogen) atoms. The molecule has 1 heterocycles. The Morgan fingerprint density at radius 2 is 1.87 bits per heavy atom. The summed E-state index contributed by atoms with van der Waals surface area (Å²) in [6.07, 6.45) is 6.68. The third-order valence-corrected chi connectivity index (χ3v) is 4.28. The molecule has 1 unspecified atom stereocenters. The molecular formula is C13H28N2. The van der Waals surface area contributed by atoms with Gasteiger partial charge >= 0.3 is 0 Å². The van der Waals surface area contributed by atoms with Crippen molar-refractivity contribution in [2.24, 2.45) is 11.7 Å². The fourth-order valence-corrected chi connectivity index (χ4v) is 2.67. The molecule has 0 amide bonds. The summed E-state index contributed by atoms with van der Waals surface area (Å²) in [5.74, 6) is 0.977. The van der Waals surface area contributed by atoms with Gasteiger partial charge in [-0.1, -0.05) is 26.7 Å². The minimum Gasteiger partial charge on any atom is -0.329 e. The molecule has 1 aliphatic heterocycles. The van der Waals surface area contributed by atoms with E-state index in [4.69, 9.17) is 5.73 Å². The molecule has 1 fully saturated rings. The van der Waals surface area contributed by atoms with Gasteiger partial charge in [0.25, 0.3) is 0 Å². The zero-order valence-corrected chi connectivity index (χ0v) is 10.8. The zero-order valence-electron chi connectivity index (χ0n) is 10.8. The topological polar surface area (TPSA) is 29.3 Å². The molecule has 1 rings (SSSR count). The van der Waals surface area contributed by atoms with Crippen LogP contribution in [0.4, 0.5) is 0 Å². The van der Waals surface area contributed by atoms with Crippen LogP contribution in [0.25, 0.3) is 0 Å². The molecular weight excluding hydrogens is 184 g/mol. The van der Waals surface area contributed by atoms with Crippen LogP contribution in [0.5, 0.6) is 0 Å². The monoisotopic (exact) mass is 212 g/mol. The average Bonchev–Trinajstić information content (AvgIpc) is 2.29. The molecule has 1 atom stereocenters. The molecule has 2 heteroatoms. The number of hydrogen-bond acceptors (Lipinski definition) is 2. The molecule has 2 nitrogen and oxygen atoms in total. The standard InChI is InChI=1S/C13H28N2/c1-4-6-12-7-9-15(10-8-12)13(3,5-2)11-14/h12H,4-11,14H2,1-3H3. The van der Waals surface area contributed by atoms with Crippen LogP contribution in [0.2, 0.25) is 0 Å². The molecule has 1 saturated heterocycles. The Morgan fingerprint density at radius 1 is 1.27 bits per heavy atom. The first kappa shape index (κ1) is 13.0. The number of piperidine rings is 1. The first-order valence-electron chi connectivity index (χ1n) is 6.61. The van der Waals surface area contributed by atoms with E-state index in [0.717, 1.165) is 12.5 Å². The van der Waals surface area contributed by atoms with Crippen LogP contribution in [0, 0.1) is 5.92 Å². The van der Waals surface area contributed by atoms with Crippen molar-refractivity contribution in [3.63, 3.8) is 0 Å². The van der Waals surface area contributed by atoms with Crippen LogP contribution < -0.4 is 5.73 Å². The fourth-order valence-electron chi connectivity index (χ4n) is 2.67. The number of rotatable bonds is 5. The largest absolute Gasteiger partial charge is 0.329 e. The summed E-state index contributed by atoms with van der Waals surface area (Å²) in [6.45, 7) is 10.2. The third kappa shape index (κ3) is 3.18. The number of nitrogens with two attached hydrogens (primary N) is 1. The van der Waals surface area contributed by atoms with E-state index >= 15 is 0 Å². The van der Waals surface area contributed by atoms with Crippen LogP contribution >= 0.6 is 0 Å². The van der Waals surface area contributed by atoms with Gasteiger partial charge in [-0.2, -0.15) is 0 Å². The minimum atomic E-state index is 0.247. The minimum absolute atomic E-state index is 0.247. The second-order valence-corrected chi connectivity index (χ2v) is 5.27. The summed E-state index contributed by atoms with van der Waals surface area (Å²) in [5.41, 5.74) is 6.15. The van der Waals surface area contributed by atoms with Crippen molar-refractivity contribution >= 4 is 0 Å². The second kappa shape index (κ2) is 5.86. The summed E-state index contributed by atoms with van der Waals surface area (Å²) < 4.78 is 0. The van der Waals surface area contributed by atoms with Crippen LogP contribution in [-0.2, 0) is 0 Å². The van der Waals surface area contributed by atoms with E-state index in [9.17, 15) is 0 Å². The Morgan fingerprint density at radius 3 is 2.27 bits per heavy atom. The predicted molar refractivity (Wildman–Crippen MR) is 67.0 cm³/mol. The molecule has 0 aromatic heterocycles. The van der Waals surface area contributed by atoms with E-state index in [1.54, 1.807) is 0 Å². The highest BCUT2D eigenvalue weighted by molar-refractivity contribution is 4.88. The number of hydrogen-bond donors (Lipinski definition) is 1. The van der Waals surface area contributed by atoms with Gasteiger partial charge in [0, 0.05) is 12.1 Å². The molecule has 0 radical (unpaired) electrons. The van der Waals surface area contributed by atoms with E-state index in [-0.39, 0.29) is 5.54 Å². The maximum absolute atomic E-state index is 5.90. The smallest absolute Gasteiger partial charge is 0.0300 e. The van der Waals surface area contributed by atoms with Crippen LogP contribution in [-0.4, -0.2) is 30.1 Å². The Bertz CT molecular complexity index is 167. The summed E-state index contributed by atoms with van der Waals surface area (Å²) in [4.78, 5) is 2.61. The number of likely N-dealkylation sites (tertiary alicyclic amines) is 1. The maximum Gasteiger partial charge on any atom is 0.0300 e. The molecule has 0 saturated carbocycles. The van der Waals surface area contributed by atoms with Gasteiger partial charge in [0.2, 0.25) is 0 Å².